The van der Waals surface area contributed by atoms with E-state index in [1.165, 1.54) is 22.9 Å². The smallest absolute Gasteiger partial charge is 0.418 e. The van der Waals surface area contributed by atoms with Gasteiger partial charge in [0.2, 0.25) is 0 Å². The molecule has 3 aromatic rings. The highest BCUT2D eigenvalue weighted by molar-refractivity contribution is 5.98. The number of Topliss-reactive ketones (excluding diaryl/α,β-unsaturated/α-hetero) is 1. The van der Waals surface area contributed by atoms with Crippen molar-refractivity contribution in [2.75, 3.05) is 0 Å². The van der Waals surface area contributed by atoms with Crippen LogP contribution in [0.5, 0.6) is 5.75 Å². The first-order chi connectivity index (χ1) is 15.9. The fourth-order valence-electron chi connectivity index (χ4n) is 4.88. The molecule has 0 radical (unpaired) electrons. The number of phenolic OH excluding ortho intramolecular Hbond substituents is 1. The molecule has 180 valence electrons. The van der Waals surface area contributed by atoms with Crippen molar-refractivity contribution in [1.82, 2.24) is 9.55 Å². The van der Waals surface area contributed by atoms with Gasteiger partial charge in [-0.25, -0.2) is 0 Å². The highest BCUT2D eigenvalue weighted by Gasteiger charge is 2.56. The van der Waals surface area contributed by atoms with Gasteiger partial charge >= 0.3 is 6.18 Å². The Hall–Kier alpha value is -3.13. The summed E-state index contributed by atoms with van der Waals surface area (Å²) in [5.74, 6) is -0.237. The van der Waals surface area contributed by atoms with Crippen LogP contribution in [0, 0.1) is 0 Å². The summed E-state index contributed by atoms with van der Waals surface area (Å²) in [7, 11) is 0. The topological polar surface area (TPSA) is 75.4 Å². The number of nitrogens with zero attached hydrogens (tertiary/aromatic N) is 2. The maximum Gasteiger partial charge on any atom is 0.418 e. The van der Waals surface area contributed by atoms with Gasteiger partial charge in [-0.3, -0.25) is 9.78 Å². The highest BCUT2D eigenvalue weighted by atomic mass is 19.4. The zero-order valence-electron chi connectivity index (χ0n) is 19.1. The van der Waals surface area contributed by atoms with E-state index in [2.05, 4.69) is 4.98 Å². The number of hydrogen-bond donors (Lipinski definition) is 2. The first kappa shape index (κ1) is 24.0. The molecule has 0 spiro atoms. The van der Waals surface area contributed by atoms with Crippen LogP contribution in [0.25, 0.3) is 11.1 Å². The largest absolute Gasteiger partial charge is 0.508 e. The second-order valence-electron chi connectivity index (χ2n) is 9.64. The molecule has 34 heavy (non-hydrogen) atoms. The molecule has 0 amide bonds. The van der Waals surface area contributed by atoms with Gasteiger partial charge in [-0.15, -0.1) is 0 Å². The minimum Gasteiger partial charge on any atom is -0.508 e. The minimum absolute atomic E-state index is 0.0898. The Labute approximate surface area is 195 Å². The Kier molecular flexibility index (Phi) is 6.06. The number of benzene rings is 1. The molecule has 0 bridgehead atoms. The van der Waals surface area contributed by atoms with Crippen molar-refractivity contribution >= 4 is 5.78 Å². The molecule has 2 aromatic heterocycles. The van der Waals surface area contributed by atoms with Crippen LogP contribution in [0.4, 0.5) is 13.2 Å². The van der Waals surface area contributed by atoms with Crippen LogP contribution >= 0.6 is 0 Å². The van der Waals surface area contributed by atoms with Crippen molar-refractivity contribution in [2.24, 2.45) is 0 Å². The average molecular weight is 473 g/mol. The Bertz CT molecular complexity index is 1200. The molecule has 0 saturated carbocycles. The molecule has 2 heterocycles. The van der Waals surface area contributed by atoms with Gasteiger partial charge in [0.1, 0.15) is 5.75 Å². The van der Waals surface area contributed by atoms with E-state index in [-0.39, 0.29) is 11.5 Å². The lowest BCUT2D eigenvalue weighted by molar-refractivity contribution is -0.271. The Morgan fingerprint density at radius 1 is 1.09 bits per heavy atom. The number of halogens is 3. The third-order valence-corrected chi connectivity index (χ3v) is 6.61. The normalized spacial score (nSPS) is 16.2. The molecule has 0 aliphatic heterocycles. The van der Waals surface area contributed by atoms with Crippen LogP contribution < -0.4 is 0 Å². The van der Waals surface area contributed by atoms with Crippen molar-refractivity contribution in [1.29, 1.82) is 0 Å². The van der Waals surface area contributed by atoms with Gasteiger partial charge in [-0.1, -0.05) is 26.0 Å². The van der Waals surface area contributed by atoms with Gasteiger partial charge in [0.05, 0.1) is 6.54 Å². The lowest BCUT2D eigenvalue weighted by atomic mass is 9.73. The number of aromatic nitrogens is 2. The van der Waals surface area contributed by atoms with Gasteiger partial charge in [0, 0.05) is 47.4 Å². The van der Waals surface area contributed by atoms with Crippen LogP contribution in [0.1, 0.15) is 54.7 Å². The molecule has 1 aromatic carbocycles. The van der Waals surface area contributed by atoms with Crippen LogP contribution in [-0.2, 0) is 18.4 Å². The number of aromatic hydroxyl groups is 1. The minimum atomic E-state index is -4.93. The van der Waals surface area contributed by atoms with E-state index in [1.807, 2.05) is 6.07 Å². The van der Waals surface area contributed by atoms with Gasteiger partial charge < -0.3 is 14.8 Å². The summed E-state index contributed by atoms with van der Waals surface area (Å²) in [4.78, 5) is 16.2. The SMILES string of the molecule is CC(C)(CC(O)(Cn1ccc2c1CCCC2=O)C(F)(F)F)c1cc(-c2cccnc2)ccc1O. The maximum atomic E-state index is 14.3. The molecule has 1 aliphatic rings. The van der Waals surface area contributed by atoms with E-state index in [9.17, 15) is 28.2 Å². The van der Waals surface area contributed by atoms with E-state index < -0.39 is 30.2 Å². The third kappa shape index (κ3) is 4.46. The summed E-state index contributed by atoms with van der Waals surface area (Å²) in [5.41, 5.74) is -1.62. The van der Waals surface area contributed by atoms with Gasteiger partial charge in [0.15, 0.2) is 11.4 Å². The van der Waals surface area contributed by atoms with Gasteiger partial charge in [-0.2, -0.15) is 13.2 Å². The second kappa shape index (κ2) is 8.58. The van der Waals surface area contributed by atoms with Crippen molar-refractivity contribution in [3.63, 3.8) is 0 Å². The molecule has 1 atom stereocenters. The number of hydrogen-bond acceptors (Lipinski definition) is 4. The molecule has 1 unspecified atom stereocenters. The van der Waals surface area contributed by atoms with Gasteiger partial charge in [-0.05, 0) is 54.5 Å². The lowest BCUT2D eigenvalue weighted by Crippen LogP contribution is -2.52. The Balaban J connectivity index is 1.70. The summed E-state index contributed by atoms with van der Waals surface area (Å²) >= 11 is 0. The quantitative estimate of drug-likeness (QED) is 0.501. The number of ketones is 1. The summed E-state index contributed by atoms with van der Waals surface area (Å²) < 4.78 is 44.2. The summed E-state index contributed by atoms with van der Waals surface area (Å²) in [6.07, 6.45) is 0.501. The van der Waals surface area contributed by atoms with E-state index in [1.54, 1.807) is 44.4 Å². The second-order valence-corrected chi connectivity index (χ2v) is 9.64. The number of carbonyl (C=O) groups excluding carboxylic acids is 1. The fourth-order valence-corrected chi connectivity index (χ4v) is 4.88. The first-order valence-electron chi connectivity index (χ1n) is 11.2. The first-order valence-corrected chi connectivity index (χ1v) is 11.2. The molecule has 0 fully saturated rings. The van der Waals surface area contributed by atoms with Crippen LogP contribution in [0.15, 0.2) is 55.0 Å². The monoisotopic (exact) mass is 472 g/mol. The number of rotatable bonds is 6. The summed E-state index contributed by atoms with van der Waals surface area (Å²) in [6.45, 7) is 2.41. The van der Waals surface area contributed by atoms with Crippen molar-refractivity contribution in [3.05, 3.63) is 71.8 Å². The van der Waals surface area contributed by atoms with Crippen molar-refractivity contribution < 1.29 is 28.2 Å². The Morgan fingerprint density at radius 3 is 2.53 bits per heavy atom. The molecule has 4 rings (SSSR count). The molecule has 2 N–H and O–H groups in total. The zero-order valence-corrected chi connectivity index (χ0v) is 19.1. The number of alkyl halides is 3. The van der Waals surface area contributed by atoms with Crippen LogP contribution in [-0.4, -0.2) is 37.3 Å². The predicted octanol–water partition coefficient (Wildman–Crippen LogP) is 5.44. The Morgan fingerprint density at radius 2 is 1.85 bits per heavy atom. The molecule has 0 saturated heterocycles. The summed E-state index contributed by atoms with van der Waals surface area (Å²) in [5, 5.41) is 21.6. The zero-order chi connectivity index (χ0) is 24.7. The van der Waals surface area contributed by atoms with Crippen molar-refractivity contribution in [2.45, 2.75) is 63.3 Å². The third-order valence-electron chi connectivity index (χ3n) is 6.61. The molecule has 1 aliphatic carbocycles. The fraction of sp³-hybridized carbons (Fsp3) is 0.385. The van der Waals surface area contributed by atoms with E-state index >= 15 is 0 Å². The maximum absolute atomic E-state index is 14.3. The molecule has 8 heteroatoms. The predicted molar refractivity (Wildman–Crippen MR) is 122 cm³/mol. The standard InChI is InChI=1S/C26H27F3N2O3/c1-24(2,20-13-17(8-9-23(20)33)18-5-4-11-30-14-18)15-25(34,26(27,28)29)16-31-12-10-19-21(31)6-3-7-22(19)32/h4-5,8-14,33-34H,3,6-7,15-16H2,1-2H3. The van der Waals surface area contributed by atoms with E-state index in [4.69, 9.17) is 0 Å². The van der Waals surface area contributed by atoms with E-state index in [0.717, 1.165) is 5.56 Å². The number of aliphatic hydroxyl groups is 1. The number of pyridine rings is 1. The number of carbonyl (C=O) groups is 1. The van der Waals surface area contributed by atoms with Gasteiger partial charge in [0.25, 0.3) is 0 Å². The molecule has 5 nitrogen and oxygen atoms in total. The number of phenols is 1. The lowest BCUT2D eigenvalue weighted by Gasteiger charge is -2.39. The molecular weight excluding hydrogens is 445 g/mol. The van der Waals surface area contributed by atoms with Crippen LogP contribution in [0.3, 0.4) is 0 Å². The van der Waals surface area contributed by atoms with Crippen molar-refractivity contribution in [3.8, 4) is 16.9 Å². The summed E-state index contributed by atoms with van der Waals surface area (Å²) in [6, 6.07) is 9.85. The highest BCUT2D eigenvalue weighted by Crippen LogP contribution is 2.45. The van der Waals surface area contributed by atoms with E-state index in [0.29, 0.717) is 41.6 Å². The molecular formula is C26H27F3N2O3. The van der Waals surface area contributed by atoms with Crippen LogP contribution in [0.2, 0.25) is 0 Å². The number of fused-ring (bicyclic) bond motifs is 1. The average Bonchev–Trinajstić information content (AvgIpc) is 3.17.